The molecule has 0 saturated carbocycles. The van der Waals surface area contributed by atoms with Crippen molar-refractivity contribution in [3.8, 4) is 0 Å². The van der Waals surface area contributed by atoms with Crippen LogP contribution in [0.4, 0.5) is 5.69 Å². The van der Waals surface area contributed by atoms with Gasteiger partial charge in [0.25, 0.3) is 11.6 Å². The van der Waals surface area contributed by atoms with Crippen molar-refractivity contribution < 1.29 is 14.5 Å². The number of nitrogens with one attached hydrogen (secondary N) is 1. The maximum atomic E-state index is 12.0. The minimum atomic E-state index is -0.822. The van der Waals surface area contributed by atoms with E-state index >= 15 is 0 Å². The van der Waals surface area contributed by atoms with Crippen molar-refractivity contribution in [2.45, 2.75) is 25.8 Å². The van der Waals surface area contributed by atoms with Crippen LogP contribution in [0.15, 0.2) is 18.2 Å². The summed E-state index contributed by atoms with van der Waals surface area (Å²) in [7, 11) is 0. The number of carbonyl (C=O) groups excluding carboxylic acids is 2. The molecule has 3 N–H and O–H groups in total. The van der Waals surface area contributed by atoms with Crippen LogP contribution in [0.25, 0.3) is 0 Å². The van der Waals surface area contributed by atoms with Crippen LogP contribution in [0, 0.1) is 10.1 Å². The number of hydrogen-bond donors (Lipinski definition) is 2. The second-order valence-electron chi connectivity index (χ2n) is 4.90. The Kier molecular flexibility index (Phi) is 4.67. The first-order valence-electron chi connectivity index (χ1n) is 5.67. The van der Waals surface area contributed by atoms with E-state index in [-0.39, 0.29) is 22.7 Å². The van der Waals surface area contributed by atoms with E-state index in [1.807, 2.05) is 0 Å². The summed E-state index contributed by atoms with van der Waals surface area (Å²) < 4.78 is 0. The molecule has 0 aliphatic rings. The van der Waals surface area contributed by atoms with Crippen molar-refractivity contribution in [2.24, 2.45) is 5.73 Å². The number of nitro benzene ring substituents is 1. The van der Waals surface area contributed by atoms with E-state index in [2.05, 4.69) is 5.32 Å². The van der Waals surface area contributed by atoms with Crippen molar-refractivity contribution in [3.05, 3.63) is 38.9 Å². The van der Waals surface area contributed by atoms with E-state index < -0.39 is 22.3 Å². The molecule has 2 amide bonds. The molecule has 0 aromatic heterocycles. The Labute approximate surface area is 120 Å². The predicted molar refractivity (Wildman–Crippen MR) is 73.5 cm³/mol. The highest BCUT2D eigenvalue weighted by molar-refractivity contribution is 6.33. The van der Waals surface area contributed by atoms with Crippen molar-refractivity contribution in [2.75, 3.05) is 0 Å². The number of nitrogens with two attached hydrogens (primary N) is 1. The molecule has 7 nitrogen and oxygen atoms in total. The lowest BCUT2D eigenvalue weighted by molar-refractivity contribution is -0.384. The van der Waals surface area contributed by atoms with Gasteiger partial charge < -0.3 is 11.1 Å². The molecule has 108 valence electrons. The average Bonchev–Trinajstić information content (AvgIpc) is 2.25. The van der Waals surface area contributed by atoms with Gasteiger partial charge in [-0.2, -0.15) is 0 Å². The van der Waals surface area contributed by atoms with Gasteiger partial charge in [-0.1, -0.05) is 11.6 Å². The molecule has 0 atom stereocenters. The molecule has 0 heterocycles. The molecule has 8 heteroatoms. The molecule has 0 saturated heterocycles. The van der Waals surface area contributed by atoms with E-state index in [0.717, 1.165) is 6.07 Å². The lowest BCUT2D eigenvalue weighted by Crippen LogP contribution is -2.46. The van der Waals surface area contributed by atoms with Crippen LogP contribution in [0.5, 0.6) is 0 Å². The third-order valence-electron chi connectivity index (χ3n) is 2.47. The second kappa shape index (κ2) is 5.87. The number of halogens is 1. The zero-order valence-electron chi connectivity index (χ0n) is 11.0. The highest BCUT2D eigenvalue weighted by atomic mass is 35.5. The fraction of sp³-hybridized carbons (Fsp3) is 0.333. The van der Waals surface area contributed by atoms with Gasteiger partial charge in [0.1, 0.15) is 5.02 Å². The molecule has 0 unspecified atom stereocenters. The van der Waals surface area contributed by atoms with Crippen LogP contribution in [0.2, 0.25) is 5.02 Å². The fourth-order valence-electron chi connectivity index (χ4n) is 1.66. The predicted octanol–water partition coefficient (Wildman–Crippen LogP) is 1.63. The number of benzene rings is 1. The van der Waals surface area contributed by atoms with Crippen LogP contribution in [0.3, 0.4) is 0 Å². The Hall–Kier alpha value is -2.15. The monoisotopic (exact) mass is 299 g/mol. The van der Waals surface area contributed by atoms with Crippen molar-refractivity contribution >= 4 is 29.1 Å². The summed E-state index contributed by atoms with van der Waals surface area (Å²) in [5.74, 6) is -1.04. The quantitative estimate of drug-likeness (QED) is 0.635. The Balaban J connectivity index is 2.91. The summed E-state index contributed by atoms with van der Waals surface area (Å²) >= 11 is 5.73. The Morgan fingerprint density at radius 2 is 2.05 bits per heavy atom. The third kappa shape index (κ3) is 4.20. The number of carbonyl (C=O) groups is 2. The average molecular weight is 300 g/mol. The molecule has 20 heavy (non-hydrogen) atoms. The lowest BCUT2D eigenvalue weighted by Gasteiger charge is -2.24. The molecule has 0 radical (unpaired) electrons. The fourth-order valence-corrected chi connectivity index (χ4v) is 1.91. The Bertz CT molecular complexity index is 572. The number of primary amides is 1. The van der Waals surface area contributed by atoms with E-state index in [1.165, 1.54) is 12.1 Å². The maximum Gasteiger partial charge on any atom is 0.287 e. The van der Waals surface area contributed by atoms with Crippen LogP contribution in [-0.4, -0.2) is 22.3 Å². The summed E-state index contributed by atoms with van der Waals surface area (Å²) in [6, 6.07) is 3.65. The van der Waals surface area contributed by atoms with Crippen molar-refractivity contribution in [1.29, 1.82) is 0 Å². The van der Waals surface area contributed by atoms with Gasteiger partial charge in [-0.05, 0) is 26.0 Å². The van der Waals surface area contributed by atoms with Gasteiger partial charge in [-0.3, -0.25) is 19.7 Å². The van der Waals surface area contributed by atoms with Crippen molar-refractivity contribution in [1.82, 2.24) is 5.32 Å². The Morgan fingerprint density at radius 1 is 1.45 bits per heavy atom. The van der Waals surface area contributed by atoms with Gasteiger partial charge in [-0.15, -0.1) is 0 Å². The standard InChI is InChI=1S/C12H14ClN3O4/c1-12(2,6-10(14)17)15-11(18)7-3-4-9(16(19)20)8(13)5-7/h3-5H,6H2,1-2H3,(H2,14,17)(H,15,18). The van der Waals surface area contributed by atoms with Gasteiger partial charge in [-0.25, -0.2) is 0 Å². The molecule has 1 rings (SSSR count). The first-order valence-corrected chi connectivity index (χ1v) is 6.05. The summed E-state index contributed by atoms with van der Waals surface area (Å²) in [6.07, 6.45) is -0.0283. The molecule has 0 spiro atoms. The number of hydrogen-bond acceptors (Lipinski definition) is 4. The van der Waals surface area contributed by atoms with E-state index in [4.69, 9.17) is 17.3 Å². The minimum absolute atomic E-state index is 0.0283. The molecule has 0 aliphatic heterocycles. The number of rotatable bonds is 5. The molecule has 1 aromatic carbocycles. The normalized spacial score (nSPS) is 10.9. The minimum Gasteiger partial charge on any atom is -0.370 e. The molecule has 0 fully saturated rings. The van der Waals surface area contributed by atoms with E-state index in [1.54, 1.807) is 13.8 Å². The first-order chi connectivity index (χ1) is 9.12. The van der Waals surface area contributed by atoms with Gasteiger partial charge in [0.15, 0.2) is 0 Å². The van der Waals surface area contributed by atoms with Gasteiger partial charge in [0.05, 0.1) is 4.92 Å². The summed E-state index contributed by atoms with van der Waals surface area (Å²) in [5.41, 5.74) is 4.15. The molecular formula is C12H14ClN3O4. The van der Waals surface area contributed by atoms with Crippen LogP contribution in [-0.2, 0) is 4.79 Å². The maximum absolute atomic E-state index is 12.0. The van der Waals surface area contributed by atoms with Gasteiger partial charge >= 0.3 is 0 Å². The van der Waals surface area contributed by atoms with E-state index in [9.17, 15) is 19.7 Å². The zero-order chi connectivity index (χ0) is 15.5. The van der Waals surface area contributed by atoms with Crippen LogP contribution >= 0.6 is 11.6 Å². The summed E-state index contributed by atoms with van der Waals surface area (Å²) in [6.45, 7) is 3.28. The topological polar surface area (TPSA) is 115 Å². The van der Waals surface area contributed by atoms with Crippen LogP contribution < -0.4 is 11.1 Å². The van der Waals surface area contributed by atoms with Gasteiger partial charge in [0.2, 0.25) is 5.91 Å². The first kappa shape index (κ1) is 15.9. The molecule has 0 aliphatic carbocycles. The molecule has 1 aromatic rings. The smallest absolute Gasteiger partial charge is 0.287 e. The van der Waals surface area contributed by atoms with E-state index in [0.29, 0.717) is 0 Å². The summed E-state index contributed by atoms with van der Waals surface area (Å²) in [5, 5.41) is 13.1. The lowest BCUT2D eigenvalue weighted by atomic mass is 9.99. The third-order valence-corrected chi connectivity index (χ3v) is 2.78. The van der Waals surface area contributed by atoms with Gasteiger partial charge in [0, 0.05) is 23.6 Å². The molecule has 0 bridgehead atoms. The zero-order valence-corrected chi connectivity index (χ0v) is 11.7. The molecular weight excluding hydrogens is 286 g/mol. The second-order valence-corrected chi connectivity index (χ2v) is 5.31. The highest BCUT2D eigenvalue weighted by Gasteiger charge is 2.24. The largest absolute Gasteiger partial charge is 0.370 e. The number of nitrogens with zero attached hydrogens (tertiary/aromatic N) is 1. The SMILES string of the molecule is CC(C)(CC(N)=O)NC(=O)c1ccc([N+](=O)[O-])c(Cl)c1. The summed E-state index contributed by atoms with van der Waals surface area (Å²) in [4.78, 5) is 32.8. The van der Waals surface area contributed by atoms with Crippen molar-refractivity contribution in [3.63, 3.8) is 0 Å². The number of nitro groups is 1. The number of amides is 2. The highest BCUT2D eigenvalue weighted by Crippen LogP contribution is 2.25. The Morgan fingerprint density at radius 3 is 2.50 bits per heavy atom. The van der Waals surface area contributed by atoms with Crippen LogP contribution in [0.1, 0.15) is 30.6 Å².